The van der Waals surface area contributed by atoms with E-state index in [9.17, 15) is 4.79 Å². The molecule has 0 aliphatic carbocycles. The molecule has 94 valence electrons. The van der Waals surface area contributed by atoms with Crippen molar-refractivity contribution >= 4 is 21.8 Å². The Bertz CT molecular complexity index is 395. The van der Waals surface area contributed by atoms with Crippen LogP contribution in [0, 0.1) is 6.92 Å². The second-order valence-electron chi connectivity index (χ2n) is 3.77. The van der Waals surface area contributed by atoms with Crippen LogP contribution in [-0.4, -0.2) is 37.4 Å². The monoisotopic (exact) mass is 301 g/mol. The Hall–Kier alpha value is -0.910. The second kappa shape index (κ2) is 6.74. The van der Waals surface area contributed by atoms with Gasteiger partial charge in [0, 0.05) is 17.1 Å². The molecule has 5 heteroatoms. The van der Waals surface area contributed by atoms with Crippen LogP contribution in [0.15, 0.2) is 22.7 Å². The third kappa shape index (κ3) is 4.11. The van der Waals surface area contributed by atoms with E-state index in [4.69, 9.17) is 9.84 Å². The first-order valence-corrected chi connectivity index (χ1v) is 6.04. The topological polar surface area (TPSA) is 58.6 Å². The van der Waals surface area contributed by atoms with Crippen molar-refractivity contribution < 1.29 is 14.6 Å². The fourth-order valence-corrected chi connectivity index (χ4v) is 1.80. The molecule has 1 rings (SSSR count). The van der Waals surface area contributed by atoms with Gasteiger partial charge in [0.2, 0.25) is 0 Å². The number of methoxy groups -OCH3 is 1. The summed E-state index contributed by atoms with van der Waals surface area (Å²) in [6, 6.07) is 5.12. The predicted molar refractivity (Wildman–Crippen MR) is 69.1 cm³/mol. The number of hydrogen-bond donors (Lipinski definition) is 2. The van der Waals surface area contributed by atoms with Crippen LogP contribution in [0.1, 0.15) is 15.9 Å². The third-order valence-electron chi connectivity index (χ3n) is 2.37. The third-order valence-corrected chi connectivity index (χ3v) is 2.86. The average molecular weight is 302 g/mol. The molecule has 1 amide bonds. The Morgan fingerprint density at radius 2 is 2.29 bits per heavy atom. The summed E-state index contributed by atoms with van der Waals surface area (Å²) in [6.07, 6.45) is 0. The highest BCUT2D eigenvalue weighted by Crippen LogP contribution is 2.16. The van der Waals surface area contributed by atoms with E-state index in [0.717, 1.165) is 10.0 Å². The molecule has 1 unspecified atom stereocenters. The Morgan fingerprint density at radius 3 is 2.88 bits per heavy atom. The lowest BCUT2D eigenvalue weighted by molar-refractivity contribution is 0.0839. The summed E-state index contributed by atoms with van der Waals surface area (Å²) in [5.74, 6) is -0.208. The van der Waals surface area contributed by atoms with Crippen molar-refractivity contribution in [3.63, 3.8) is 0 Å². The van der Waals surface area contributed by atoms with Gasteiger partial charge in [-0.3, -0.25) is 4.79 Å². The highest BCUT2D eigenvalue weighted by molar-refractivity contribution is 9.10. The Balaban J connectivity index is 2.78. The smallest absolute Gasteiger partial charge is 0.251 e. The van der Waals surface area contributed by atoms with Crippen molar-refractivity contribution in [1.29, 1.82) is 0 Å². The fourth-order valence-electron chi connectivity index (χ4n) is 1.44. The van der Waals surface area contributed by atoms with E-state index in [-0.39, 0.29) is 25.2 Å². The van der Waals surface area contributed by atoms with Crippen molar-refractivity contribution in [2.45, 2.75) is 13.0 Å². The summed E-state index contributed by atoms with van der Waals surface area (Å²) >= 11 is 3.32. The van der Waals surface area contributed by atoms with Gasteiger partial charge in [-0.1, -0.05) is 22.0 Å². The molecular weight excluding hydrogens is 286 g/mol. The maximum atomic E-state index is 12.0. The average Bonchev–Trinajstić information content (AvgIpc) is 2.31. The first kappa shape index (κ1) is 14.2. The number of amides is 1. The van der Waals surface area contributed by atoms with Crippen LogP contribution >= 0.6 is 15.9 Å². The van der Waals surface area contributed by atoms with Crippen molar-refractivity contribution in [1.82, 2.24) is 5.32 Å². The normalized spacial score (nSPS) is 12.2. The minimum Gasteiger partial charge on any atom is -0.394 e. The molecule has 0 aliphatic heterocycles. The van der Waals surface area contributed by atoms with Crippen LogP contribution in [0.25, 0.3) is 0 Å². The fraction of sp³-hybridized carbons (Fsp3) is 0.417. The van der Waals surface area contributed by atoms with E-state index in [1.54, 1.807) is 6.07 Å². The van der Waals surface area contributed by atoms with Gasteiger partial charge in [-0.05, 0) is 24.6 Å². The zero-order valence-corrected chi connectivity index (χ0v) is 11.5. The minimum atomic E-state index is -0.383. The van der Waals surface area contributed by atoms with Crippen LogP contribution in [-0.2, 0) is 4.74 Å². The highest BCUT2D eigenvalue weighted by atomic mass is 79.9. The van der Waals surface area contributed by atoms with Crippen molar-refractivity contribution in [3.05, 3.63) is 33.8 Å². The molecule has 4 nitrogen and oxygen atoms in total. The van der Waals surface area contributed by atoms with Crippen LogP contribution in [0.5, 0.6) is 0 Å². The molecule has 0 heterocycles. The maximum Gasteiger partial charge on any atom is 0.251 e. The molecule has 0 saturated carbocycles. The number of nitrogens with one attached hydrogen (secondary N) is 1. The van der Waals surface area contributed by atoms with Crippen LogP contribution < -0.4 is 5.32 Å². The minimum absolute atomic E-state index is 0.146. The standard InChI is InChI=1S/C12H16BrNO3/c1-8-3-4-9(13)5-11(8)12(16)14-10(6-15)7-17-2/h3-5,10,15H,6-7H2,1-2H3,(H,14,16). The van der Waals surface area contributed by atoms with E-state index in [1.807, 2.05) is 19.1 Å². The van der Waals surface area contributed by atoms with E-state index < -0.39 is 0 Å². The first-order valence-electron chi connectivity index (χ1n) is 5.25. The number of aryl methyl sites for hydroxylation is 1. The van der Waals surface area contributed by atoms with E-state index in [0.29, 0.717) is 5.56 Å². The number of carbonyl (C=O) groups excluding carboxylic acids is 1. The second-order valence-corrected chi connectivity index (χ2v) is 4.68. The lowest BCUT2D eigenvalue weighted by atomic mass is 10.1. The molecular formula is C12H16BrNO3. The molecule has 0 aliphatic rings. The zero-order valence-electron chi connectivity index (χ0n) is 9.87. The van der Waals surface area contributed by atoms with Gasteiger partial charge in [-0.15, -0.1) is 0 Å². The quantitative estimate of drug-likeness (QED) is 0.866. The van der Waals surface area contributed by atoms with Crippen LogP contribution in [0.4, 0.5) is 0 Å². The molecule has 0 fully saturated rings. The predicted octanol–water partition coefficient (Wildman–Crippen LogP) is 1.49. The molecule has 0 saturated heterocycles. The van der Waals surface area contributed by atoms with Gasteiger partial charge in [-0.2, -0.15) is 0 Å². The number of benzene rings is 1. The highest BCUT2D eigenvalue weighted by Gasteiger charge is 2.14. The number of halogens is 1. The number of carbonyl (C=O) groups is 1. The number of aliphatic hydroxyl groups is 1. The molecule has 1 aromatic rings. The molecule has 0 radical (unpaired) electrons. The van der Waals surface area contributed by atoms with Gasteiger partial charge in [-0.25, -0.2) is 0 Å². The molecule has 0 bridgehead atoms. The van der Waals surface area contributed by atoms with E-state index in [1.165, 1.54) is 7.11 Å². The molecule has 0 spiro atoms. The van der Waals surface area contributed by atoms with Crippen molar-refractivity contribution in [2.75, 3.05) is 20.3 Å². The largest absolute Gasteiger partial charge is 0.394 e. The summed E-state index contributed by atoms with van der Waals surface area (Å²) in [4.78, 5) is 12.0. The van der Waals surface area contributed by atoms with Crippen molar-refractivity contribution in [3.8, 4) is 0 Å². The Kier molecular flexibility index (Phi) is 5.61. The molecule has 1 atom stereocenters. The van der Waals surface area contributed by atoms with Gasteiger partial charge in [0.05, 0.1) is 19.3 Å². The summed E-state index contributed by atoms with van der Waals surface area (Å²) in [5.41, 5.74) is 1.48. The SMILES string of the molecule is COCC(CO)NC(=O)c1cc(Br)ccc1C. The summed E-state index contributed by atoms with van der Waals surface area (Å²) in [7, 11) is 1.53. The van der Waals surface area contributed by atoms with Crippen LogP contribution in [0.3, 0.4) is 0 Å². The molecule has 17 heavy (non-hydrogen) atoms. The van der Waals surface area contributed by atoms with Gasteiger partial charge >= 0.3 is 0 Å². The summed E-state index contributed by atoms with van der Waals surface area (Å²) < 4.78 is 5.75. The number of ether oxygens (including phenoxy) is 1. The number of hydrogen-bond acceptors (Lipinski definition) is 3. The molecule has 0 aromatic heterocycles. The molecule has 2 N–H and O–H groups in total. The lowest BCUT2D eigenvalue weighted by Crippen LogP contribution is -2.40. The van der Waals surface area contributed by atoms with E-state index >= 15 is 0 Å². The van der Waals surface area contributed by atoms with Gasteiger partial charge in [0.25, 0.3) is 5.91 Å². The number of aliphatic hydroxyl groups excluding tert-OH is 1. The summed E-state index contributed by atoms with van der Waals surface area (Å²) in [5, 5.41) is 11.8. The van der Waals surface area contributed by atoms with E-state index in [2.05, 4.69) is 21.2 Å². The first-order chi connectivity index (χ1) is 8.08. The van der Waals surface area contributed by atoms with Gasteiger partial charge in [0.15, 0.2) is 0 Å². The van der Waals surface area contributed by atoms with Crippen LogP contribution in [0.2, 0.25) is 0 Å². The Morgan fingerprint density at radius 1 is 1.59 bits per heavy atom. The van der Waals surface area contributed by atoms with Crippen molar-refractivity contribution in [2.24, 2.45) is 0 Å². The number of rotatable bonds is 5. The van der Waals surface area contributed by atoms with Gasteiger partial charge in [0.1, 0.15) is 0 Å². The summed E-state index contributed by atoms with van der Waals surface area (Å²) in [6.45, 7) is 2.01. The van der Waals surface area contributed by atoms with Gasteiger partial charge < -0.3 is 15.2 Å². The molecule has 1 aromatic carbocycles. The maximum absolute atomic E-state index is 12.0. The Labute approximate surface area is 109 Å². The lowest BCUT2D eigenvalue weighted by Gasteiger charge is -2.16. The zero-order chi connectivity index (χ0) is 12.8.